The van der Waals surface area contributed by atoms with Crippen molar-refractivity contribution in [1.29, 1.82) is 0 Å². The van der Waals surface area contributed by atoms with Gasteiger partial charge in [0.1, 0.15) is 0 Å². The van der Waals surface area contributed by atoms with E-state index in [1.165, 1.54) is 0 Å². The van der Waals surface area contributed by atoms with E-state index < -0.39 is 0 Å². The Morgan fingerprint density at radius 2 is 1.67 bits per heavy atom. The third-order valence-electron chi connectivity index (χ3n) is 0.0845. The molecule has 0 spiro atoms. The van der Waals surface area contributed by atoms with Crippen LogP contribution in [0.25, 0.3) is 0 Å². The number of halogens is 1. The Balaban J connectivity index is 0. The van der Waals surface area contributed by atoms with Crippen molar-refractivity contribution in [3.8, 4) is 0 Å². The number of aliphatic hydroxyl groups is 1. The molecule has 0 fully saturated rings. The fraction of sp³-hybridized carbons (Fsp3) is 1.00. The molecule has 0 aromatic rings. The van der Waals surface area contributed by atoms with Crippen molar-refractivity contribution < 1.29 is 5.11 Å². The molecule has 0 amide bonds. The zero-order valence-electron chi connectivity index (χ0n) is 3.39. The maximum absolute atomic E-state index is 7.83. The van der Waals surface area contributed by atoms with Crippen molar-refractivity contribution in [3.63, 3.8) is 0 Å². The Morgan fingerprint density at radius 1 is 1.50 bits per heavy atom. The highest BCUT2D eigenvalue weighted by molar-refractivity contribution is 9.09. The van der Waals surface area contributed by atoms with Crippen molar-refractivity contribution in [1.82, 2.24) is 0 Å². The molecule has 0 radical (unpaired) electrons. The summed E-state index contributed by atoms with van der Waals surface area (Å²) in [6, 6.07) is 0. The molecule has 3 nitrogen and oxygen atoms in total. The standard InChI is InChI=1S/C2H5BrO.H4N2/c3-1-2-4;1-2/h4H,1-2H2;1-2H2. The molecule has 0 bridgehead atoms. The van der Waals surface area contributed by atoms with Crippen molar-refractivity contribution in [3.05, 3.63) is 0 Å². The molecule has 0 heterocycles. The van der Waals surface area contributed by atoms with Crippen molar-refractivity contribution in [2.24, 2.45) is 11.7 Å². The Kier molecular flexibility index (Phi) is 29.3. The van der Waals surface area contributed by atoms with E-state index in [0.29, 0.717) is 5.33 Å². The Hall–Kier alpha value is 0.360. The number of hydrogen-bond donors (Lipinski definition) is 3. The quantitative estimate of drug-likeness (QED) is 0.265. The Labute approximate surface area is 45.4 Å². The predicted molar refractivity (Wildman–Crippen MR) is 29.3 cm³/mol. The maximum Gasteiger partial charge on any atom is 0.0528 e. The maximum atomic E-state index is 7.83. The Morgan fingerprint density at radius 3 is 1.67 bits per heavy atom. The van der Waals surface area contributed by atoms with Gasteiger partial charge >= 0.3 is 0 Å². The van der Waals surface area contributed by atoms with Gasteiger partial charge in [0.05, 0.1) is 6.61 Å². The summed E-state index contributed by atoms with van der Waals surface area (Å²) >= 11 is 3.00. The lowest BCUT2D eigenvalue weighted by Gasteiger charge is -1.67. The SMILES string of the molecule is NN.OCCBr. The summed E-state index contributed by atoms with van der Waals surface area (Å²) in [6.45, 7) is 0.236. The van der Waals surface area contributed by atoms with Gasteiger partial charge in [-0.15, -0.1) is 0 Å². The van der Waals surface area contributed by atoms with Crippen molar-refractivity contribution in [2.45, 2.75) is 0 Å². The highest BCUT2D eigenvalue weighted by Crippen LogP contribution is 1.69. The summed E-state index contributed by atoms with van der Waals surface area (Å²) in [5, 5.41) is 8.52. The molecule has 40 valence electrons. The van der Waals surface area contributed by atoms with E-state index in [1.54, 1.807) is 0 Å². The smallest absolute Gasteiger partial charge is 0.0528 e. The van der Waals surface area contributed by atoms with Crippen LogP contribution >= 0.6 is 15.9 Å². The van der Waals surface area contributed by atoms with Gasteiger partial charge in [0.15, 0.2) is 0 Å². The van der Waals surface area contributed by atoms with Crippen LogP contribution in [0.15, 0.2) is 0 Å². The summed E-state index contributed by atoms with van der Waals surface area (Å²) in [7, 11) is 0. The average molecular weight is 157 g/mol. The van der Waals surface area contributed by atoms with Crippen LogP contribution < -0.4 is 11.7 Å². The zero-order chi connectivity index (χ0) is 5.41. The van der Waals surface area contributed by atoms with Gasteiger partial charge in [0.25, 0.3) is 0 Å². The largest absolute Gasteiger partial charge is 0.396 e. The van der Waals surface area contributed by atoms with E-state index in [1.807, 2.05) is 0 Å². The zero-order valence-corrected chi connectivity index (χ0v) is 4.98. The third-order valence-corrected chi connectivity index (χ3v) is 0.439. The first kappa shape index (κ1) is 9.61. The number of hydrazine groups is 1. The van der Waals surface area contributed by atoms with Gasteiger partial charge in [-0.25, -0.2) is 0 Å². The second-order valence-electron chi connectivity index (χ2n) is 0.413. The highest BCUT2D eigenvalue weighted by Gasteiger charge is 1.59. The average Bonchev–Trinajstić information content (AvgIpc) is 1.72. The summed E-state index contributed by atoms with van der Waals surface area (Å²) in [5.41, 5.74) is 0. The fourth-order valence-corrected chi connectivity index (χ4v) is 0. The molecule has 0 aliphatic heterocycles. The van der Waals surface area contributed by atoms with Crippen molar-refractivity contribution >= 4 is 15.9 Å². The van der Waals surface area contributed by atoms with Gasteiger partial charge < -0.3 is 5.11 Å². The number of alkyl halides is 1. The first-order valence-electron chi connectivity index (χ1n) is 1.42. The number of rotatable bonds is 1. The van der Waals surface area contributed by atoms with Crippen LogP contribution in [-0.4, -0.2) is 17.0 Å². The van der Waals surface area contributed by atoms with E-state index in [2.05, 4.69) is 27.6 Å². The van der Waals surface area contributed by atoms with Crippen LogP contribution in [0.5, 0.6) is 0 Å². The van der Waals surface area contributed by atoms with Crippen LogP contribution in [0.3, 0.4) is 0 Å². The van der Waals surface area contributed by atoms with Crippen LogP contribution in [0.4, 0.5) is 0 Å². The summed E-state index contributed by atoms with van der Waals surface area (Å²) in [4.78, 5) is 0. The topological polar surface area (TPSA) is 72.3 Å². The molecule has 4 heteroatoms. The van der Waals surface area contributed by atoms with Gasteiger partial charge in [0.2, 0.25) is 0 Å². The minimum atomic E-state index is 0.236. The summed E-state index contributed by atoms with van der Waals surface area (Å²) in [6.07, 6.45) is 0. The van der Waals surface area contributed by atoms with E-state index in [0.717, 1.165) is 0 Å². The van der Waals surface area contributed by atoms with Gasteiger partial charge in [-0.05, 0) is 0 Å². The lowest BCUT2D eigenvalue weighted by atomic mass is 10.9. The Bertz CT molecular complexity index is 13.5. The molecule has 6 heavy (non-hydrogen) atoms. The van der Waals surface area contributed by atoms with Crippen molar-refractivity contribution in [2.75, 3.05) is 11.9 Å². The van der Waals surface area contributed by atoms with Crippen LogP contribution in [-0.2, 0) is 0 Å². The molecule has 0 atom stereocenters. The second kappa shape index (κ2) is 18.3. The fourth-order valence-electron chi connectivity index (χ4n) is 0. The second-order valence-corrected chi connectivity index (χ2v) is 1.21. The molecule has 0 saturated heterocycles. The van der Waals surface area contributed by atoms with E-state index >= 15 is 0 Å². The first-order valence-corrected chi connectivity index (χ1v) is 2.54. The normalized spacial score (nSPS) is 6.00. The molecule has 0 aromatic carbocycles. The van der Waals surface area contributed by atoms with E-state index in [-0.39, 0.29) is 6.61 Å². The summed E-state index contributed by atoms with van der Waals surface area (Å²) in [5.74, 6) is 8.00. The monoisotopic (exact) mass is 156 g/mol. The molecule has 5 N–H and O–H groups in total. The highest BCUT2D eigenvalue weighted by atomic mass is 79.9. The number of hydrogen-bond acceptors (Lipinski definition) is 3. The van der Waals surface area contributed by atoms with Gasteiger partial charge in [0, 0.05) is 5.33 Å². The van der Waals surface area contributed by atoms with Crippen LogP contribution in [0.2, 0.25) is 0 Å². The van der Waals surface area contributed by atoms with Gasteiger partial charge in [-0.3, -0.25) is 11.7 Å². The predicted octanol–water partition coefficient (Wildman–Crippen LogP) is -0.808. The van der Waals surface area contributed by atoms with Gasteiger partial charge in [-0.1, -0.05) is 15.9 Å². The number of nitrogens with two attached hydrogens (primary N) is 2. The molecule has 0 aromatic heterocycles. The van der Waals surface area contributed by atoms with E-state index in [9.17, 15) is 0 Å². The molecule has 0 aliphatic carbocycles. The third kappa shape index (κ3) is 26.6. The van der Waals surface area contributed by atoms with Gasteiger partial charge in [-0.2, -0.15) is 0 Å². The first-order chi connectivity index (χ1) is 2.91. The van der Waals surface area contributed by atoms with Crippen LogP contribution in [0, 0.1) is 0 Å². The minimum Gasteiger partial charge on any atom is -0.396 e. The lowest BCUT2D eigenvalue weighted by Crippen LogP contribution is -2.02. The van der Waals surface area contributed by atoms with E-state index in [4.69, 9.17) is 5.11 Å². The lowest BCUT2D eigenvalue weighted by molar-refractivity contribution is 0.324. The molecule has 0 rings (SSSR count). The van der Waals surface area contributed by atoms with Crippen LogP contribution in [0.1, 0.15) is 0 Å². The molecule has 0 unspecified atom stereocenters. The molecule has 0 aliphatic rings. The molecule has 0 saturated carbocycles. The number of aliphatic hydroxyl groups excluding tert-OH is 1. The minimum absolute atomic E-state index is 0.236. The molecular weight excluding hydrogens is 148 g/mol. The molecular formula is C2H9BrN2O. The summed E-state index contributed by atoms with van der Waals surface area (Å²) < 4.78 is 0.